The van der Waals surface area contributed by atoms with Gasteiger partial charge in [0.1, 0.15) is 11.5 Å². The van der Waals surface area contributed by atoms with Crippen molar-refractivity contribution in [1.82, 2.24) is 14.5 Å². The Hall–Kier alpha value is -4.96. The van der Waals surface area contributed by atoms with Gasteiger partial charge in [0.25, 0.3) is 17.4 Å². The SMILES string of the molecule is Cc1c(NC(=O)c2ccc(N3CCCCC3)cc2)cccc1-c1cc(Nc2ccc(C(=O)N3CCOCC3)cn2)c(=O)n(C)c1. The van der Waals surface area contributed by atoms with E-state index in [0.29, 0.717) is 54.6 Å². The number of hydrogen-bond acceptors (Lipinski definition) is 7. The highest BCUT2D eigenvalue weighted by Gasteiger charge is 2.19. The molecule has 0 radical (unpaired) electrons. The Bertz CT molecular complexity index is 1740. The van der Waals surface area contributed by atoms with Gasteiger partial charge in [-0.15, -0.1) is 0 Å². The maximum absolute atomic E-state index is 13.2. The van der Waals surface area contributed by atoms with E-state index < -0.39 is 0 Å². The smallest absolute Gasteiger partial charge is 0.274 e. The molecular formula is C35H38N6O4. The van der Waals surface area contributed by atoms with Crippen molar-refractivity contribution in [3.8, 4) is 11.1 Å². The van der Waals surface area contributed by atoms with Gasteiger partial charge in [-0.3, -0.25) is 14.4 Å². The monoisotopic (exact) mass is 606 g/mol. The van der Waals surface area contributed by atoms with Gasteiger partial charge >= 0.3 is 0 Å². The lowest BCUT2D eigenvalue weighted by molar-refractivity contribution is 0.0302. The zero-order valence-electron chi connectivity index (χ0n) is 25.7. The fourth-order valence-electron chi connectivity index (χ4n) is 5.88. The number of anilines is 4. The summed E-state index contributed by atoms with van der Waals surface area (Å²) < 4.78 is 6.85. The second kappa shape index (κ2) is 13.4. The number of aromatic nitrogens is 2. The van der Waals surface area contributed by atoms with Gasteiger partial charge in [0.2, 0.25) is 0 Å². The molecule has 2 fully saturated rings. The van der Waals surface area contributed by atoms with E-state index in [-0.39, 0.29) is 17.4 Å². The number of rotatable bonds is 7. The van der Waals surface area contributed by atoms with Crippen molar-refractivity contribution in [2.24, 2.45) is 7.05 Å². The number of piperidine rings is 1. The lowest BCUT2D eigenvalue weighted by Crippen LogP contribution is -2.40. The Balaban J connectivity index is 1.18. The number of aryl methyl sites for hydroxylation is 1. The second-order valence-electron chi connectivity index (χ2n) is 11.5. The van der Waals surface area contributed by atoms with Crippen LogP contribution in [0.15, 0.2) is 77.9 Å². The highest BCUT2D eigenvalue weighted by Crippen LogP contribution is 2.30. The summed E-state index contributed by atoms with van der Waals surface area (Å²) >= 11 is 0. The maximum Gasteiger partial charge on any atom is 0.274 e. The van der Waals surface area contributed by atoms with Crippen LogP contribution in [0.25, 0.3) is 11.1 Å². The number of benzene rings is 2. The zero-order valence-corrected chi connectivity index (χ0v) is 25.7. The third kappa shape index (κ3) is 6.76. The number of nitrogens with zero attached hydrogens (tertiary/aromatic N) is 4. The van der Waals surface area contributed by atoms with E-state index in [2.05, 4.69) is 20.5 Å². The van der Waals surface area contributed by atoms with Crippen LogP contribution in [-0.2, 0) is 11.8 Å². The van der Waals surface area contributed by atoms with Gasteiger partial charge < -0.3 is 29.7 Å². The van der Waals surface area contributed by atoms with Gasteiger partial charge in [-0.25, -0.2) is 4.98 Å². The summed E-state index contributed by atoms with van der Waals surface area (Å²) in [6, 6.07) is 18.7. The lowest BCUT2D eigenvalue weighted by atomic mass is 10.00. The molecule has 4 aromatic rings. The summed E-state index contributed by atoms with van der Waals surface area (Å²) in [5, 5.41) is 6.19. The van der Waals surface area contributed by atoms with E-state index in [1.165, 1.54) is 30.0 Å². The first kappa shape index (κ1) is 30.1. The lowest BCUT2D eigenvalue weighted by Gasteiger charge is -2.28. The molecule has 10 heteroatoms. The maximum atomic E-state index is 13.2. The van der Waals surface area contributed by atoms with E-state index in [9.17, 15) is 14.4 Å². The van der Waals surface area contributed by atoms with Crippen molar-refractivity contribution in [2.45, 2.75) is 26.2 Å². The van der Waals surface area contributed by atoms with Crippen molar-refractivity contribution < 1.29 is 14.3 Å². The van der Waals surface area contributed by atoms with Crippen molar-refractivity contribution >= 4 is 34.7 Å². The molecular weight excluding hydrogens is 568 g/mol. The Morgan fingerprint density at radius 3 is 2.31 bits per heavy atom. The van der Waals surface area contributed by atoms with Crippen LogP contribution in [-0.4, -0.2) is 65.7 Å². The van der Waals surface area contributed by atoms with Crippen LogP contribution in [0.5, 0.6) is 0 Å². The van der Waals surface area contributed by atoms with Gasteiger partial charge in [-0.1, -0.05) is 12.1 Å². The van der Waals surface area contributed by atoms with Crippen LogP contribution in [0, 0.1) is 6.92 Å². The molecule has 2 saturated heterocycles. The van der Waals surface area contributed by atoms with Crippen molar-refractivity contribution in [2.75, 3.05) is 54.9 Å². The fraction of sp³-hybridized carbons (Fsp3) is 0.314. The number of carbonyl (C=O) groups excluding carboxylic acids is 2. The Kier molecular flexibility index (Phi) is 8.93. The zero-order chi connectivity index (χ0) is 31.3. The van der Waals surface area contributed by atoms with Crippen LogP contribution in [0.4, 0.5) is 22.9 Å². The van der Waals surface area contributed by atoms with E-state index in [0.717, 1.165) is 35.5 Å². The van der Waals surface area contributed by atoms with Gasteiger partial charge in [0, 0.05) is 68.1 Å². The summed E-state index contributed by atoms with van der Waals surface area (Å²) in [6.45, 7) is 6.22. The molecule has 2 amide bonds. The topological polar surface area (TPSA) is 109 Å². The summed E-state index contributed by atoms with van der Waals surface area (Å²) in [6.07, 6.45) is 6.97. The van der Waals surface area contributed by atoms with Gasteiger partial charge in [0.15, 0.2) is 0 Å². The van der Waals surface area contributed by atoms with Crippen LogP contribution in [0.2, 0.25) is 0 Å². The van der Waals surface area contributed by atoms with Crippen LogP contribution >= 0.6 is 0 Å². The number of pyridine rings is 2. The Morgan fingerprint density at radius 1 is 0.867 bits per heavy atom. The van der Waals surface area contributed by atoms with E-state index in [1.807, 2.05) is 49.4 Å². The molecule has 0 bridgehead atoms. The average molecular weight is 607 g/mol. The third-order valence-corrected chi connectivity index (χ3v) is 8.50. The molecule has 0 unspecified atom stereocenters. The minimum atomic E-state index is -0.218. The van der Waals surface area contributed by atoms with Crippen LogP contribution < -0.4 is 21.1 Å². The van der Waals surface area contributed by atoms with Crippen LogP contribution in [0.3, 0.4) is 0 Å². The highest BCUT2D eigenvalue weighted by molar-refractivity contribution is 6.05. The average Bonchev–Trinajstić information content (AvgIpc) is 3.08. The number of ether oxygens (including phenoxy) is 1. The summed E-state index contributed by atoms with van der Waals surface area (Å²) in [4.78, 5) is 47.5. The first-order chi connectivity index (χ1) is 21.9. The molecule has 0 spiro atoms. The first-order valence-electron chi connectivity index (χ1n) is 15.4. The molecule has 0 aliphatic carbocycles. The van der Waals surface area contributed by atoms with Crippen molar-refractivity contribution in [3.05, 3.63) is 100 Å². The molecule has 2 aromatic heterocycles. The minimum Gasteiger partial charge on any atom is -0.378 e. The van der Waals surface area contributed by atoms with Crippen molar-refractivity contribution in [3.63, 3.8) is 0 Å². The van der Waals surface area contributed by atoms with Gasteiger partial charge in [0.05, 0.1) is 18.8 Å². The van der Waals surface area contributed by atoms with E-state index >= 15 is 0 Å². The molecule has 45 heavy (non-hydrogen) atoms. The molecule has 232 valence electrons. The fourth-order valence-corrected chi connectivity index (χ4v) is 5.88. The first-order valence-corrected chi connectivity index (χ1v) is 15.4. The number of morpholine rings is 1. The molecule has 0 atom stereocenters. The molecule has 2 N–H and O–H groups in total. The summed E-state index contributed by atoms with van der Waals surface area (Å²) in [5.41, 5.74) is 5.62. The minimum absolute atomic E-state index is 0.0906. The molecule has 2 aliphatic rings. The summed E-state index contributed by atoms with van der Waals surface area (Å²) in [7, 11) is 1.70. The normalized spacial score (nSPS) is 15.1. The van der Waals surface area contributed by atoms with Crippen LogP contribution in [0.1, 0.15) is 45.5 Å². The van der Waals surface area contributed by atoms with E-state index in [1.54, 1.807) is 36.3 Å². The number of amides is 2. The third-order valence-electron chi connectivity index (χ3n) is 8.50. The predicted molar refractivity (Wildman–Crippen MR) is 177 cm³/mol. The summed E-state index contributed by atoms with van der Waals surface area (Å²) in [5.74, 6) is 0.184. The Morgan fingerprint density at radius 2 is 1.60 bits per heavy atom. The van der Waals surface area contributed by atoms with Crippen molar-refractivity contribution in [1.29, 1.82) is 0 Å². The van der Waals surface area contributed by atoms with Gasteiger partial charge in [-0.2, -0.15) is 0 Å². The standard InChI is InChI=1S/C35H38N6O4/c1-24-29(7-6-8-30(24)38-33(42)25-9-12-28(13-10-25)40-15-4-3-5-16-40)27-21-31(35(44)39(2)23-27)37-32-14-11-26(22-36-32)34(43)41-17-19-45-20-18-41/h6-14,21-23H,3-5,15-20H2,1-2H3,(H,36,37)(H,38,42). The highest BCUT2D eigenvalue weighted by atomic mass is 16.5. The molecule has 10 nitrogen and oxygen atoms in total. The Labute approximate surface area is 262 Å². The molecule has 2 aromatic carbocycles. The number of hydrogen-bond donors (Lipinski definition) is 2. The quantitative estimate of drug-likeness (QED) is 0.297. The molecule has 2 aliphatic heterocycles. The second-order valence-corrected chi connectivity index (χ2v) is 11.5. The molecule has 6 rings (SSSR count). The van der Waals surface area contributed by atoms with E-state index in [4.69, 9.17) is 4.74 Å². The molecule has 0 saturated carbocycles. The molecule has 4 heterocycles. The number of carbonyl (C=O) groups is 2. The van der Waals surface area contributed by atoms with Gasteiger partial charge in [-0.05, 0) is 85.8 Å². The predicted octanol–water partition coefficient (Wildman–Crippen LogP) is 5.21. The number of nitrogens with one attached hydrogen (secondary N) is 2. The largest absolute Gasteiger partial charge is 0.378 e.